The van der Waals surface area contributed by atoms with Gasteiger partial charge in [0.25, 0.3) is 0 Å². The Bertz CT molecular complexity index is 1170. The van der Waals surface area contributed by atoms with E-state index in [9.17, 15) is 13.2 Å². The number of benzene rings is 3. The molecule has 0 aliphatic carbocycles. The van der Waals surface area contributed by atoms with E-state index in [1.807, 2.05) is 18.2 Å². The zero-order chi connectivity index (χ0) is 23.1. The van der Waals surface area contributed by atoms with Crippen LogP contribution in [0.15, 0.2) is 77.7 Å². The third-order valence-corrected chi connectivity index (χ3v) is 7.02. The molecule has 0 fully saturated rings. The number of nitrogens with zero attached hydrogens (tertiary/aromatic N) is 1. The molecular weight excluding hydrogens is 471 g/mol. The number of amides is 1. The Morgan fingerprint density at radius 2 is 1.53 bits per heavy atom. The first-order valence-electron chi connectivity index (χ1n) is 9.68. The maximum Gasteiger partial charge on any atom is 0.243 e. The third kappa shape index (κ3) is 6.23. The molecule has 0 aromatic heterocycles. The fourth-order valence-corrected chi connectivity index (χ4v) is 4.67. The highest BCUT2D eigenvalue weighted by atomic mass is 35.5. The van der Waals surface area contributed by atoms with Crippen LogP contribution in [0.25, 0.3) is 0 Å². The van der Waals surface area contributed by atoms with Crippen LogP contribution in [0.2, 0.25) is 10.0 Å². The predicted octanol–water partition coefficient (Wildman–Crippen LogP) is 4.51. The molecule has 0 radical (unpaired) electrons. The van der Waals surface area contributed by atoms with Crippen molar-refractivity contribution in [3.05, 3.63) is 94.0 Å². The molecule has 0 saturated heterocycles. The number of para-hydroxylation sites is 1. The van der Waals surface area contributed by atoms with Crippen molar-refractivity contribution < 1.29 is 17.9 Å². The topological polar surface area (TPSA) is 75.7 Å². The van der Waals surface area contributed by atoms with Gasteiger partial charge < -0.3 is 10.1 Å². The van der Waals surface area contributed by atoms with Gasteiger partial charge in [0.15, 0.2) is 0 Å². The highest BCUT2D eigenvalue weighted by molar-refractivity contribution is 7.89. The summed E-state index contributed by atoms with van der Waals surface area (Å²) in [6.07, 6.45) is 0. The lowest BCUT2D eigenvalue weighted by molar-refractivity contribution is -0.121. The molecule has 0 spiro atoms. The summed E-state index contributed by atoms with van der Waals surface area (Å²) in [7, 11) is -2.41. The van der Waals surface area contributed by atoms with Gasteiger partial charge >= 0.3 is 0 Å². The van der Waals surface area contributed by atoms with Crippen LogP contribution >= 0.6 is 23.2 Å². The maximum absolute atomic E-state index is 13.3. The van der Waals surface area contributed by atoms with Gasteiger partial charge in [0.2, 0.25) is 15.9 Å². The fraction of sp³-hybridized carbons (Fsp3) is 0.174. The van der Waals surface area contributed by atoms with Gasteiger partial charge in [0.05, 0.1) is 18.6 Å². The highest BCUT2D eigenvalue weighted by Crippen LogP contribution is 2.21. The second-order valence-electron chi connectivity index (χ2n) is 6.94. The van der Waals surface area contributed by atoms with E-state index in [-0.39, 0.29) is 24.5 Å². The summed E-state index contributed by atoms with van der Waals surface area (Å²) in [6, 6.07) is 19.9. The van der Waals surface area contributed by atoms with Crippen LogP contribution in [-0.4, -0.2) is 32.3 Å². The Balaban J connectivity index is 1.80. The van der Waals surface area contributed by atoms with Crippen molar-refractivity contribution in [1.29, 1.82) is 0 Å². The summed E-state index contributed by atoms with van der Waals surface area (Å²) >= 11 is 11.8. The zero-order valence-electron chi connectivity index (χ0n) is 17.3. The zero-order valence-corrected chi connectivity index (χ0v) is 19.6. The molecule has 1 amide bonds. The molecule has 3 aromatic carbocycles. The smallest absolute Gasteiger partial charge is 0.243 e. The molecule has 0 bridgehead atoms. The van der Waals surface area contributed by atoms with Crippen LogP contribution in [-0.2, 0) is 27.9 Å². The van der Waals surface area contributed by atoms with Crippen LogP contribution in [0.4, 0.5) is 0 Å². The third-order valence-electron chi connectivity index (χ3n) is 4.71. The Labute approximate surface area is 197 Å². The molecule has 0 unspecified atom stereocenters. The van der Waals surface area contributed by atoms with E-state index in [0.29, 0.717) is 21.4 Å². The number of sulfonamides is 1. The molecule has 168 valence electrons. The number of nitrogens with one attached hydrogen (secondary N) is 1. The molecule has 6 nitrogen and oxygen atoms in total. The minimum absolute atomic E-state index is 0.00417. The van der Waals surface area contributed by atoms with Gasteiger partial charge in [0, 0.05) is 28.7 Å². The average Bonchev–Trinajstić information content (AvgIpc) is 2.79. The van der Waals surface area contributed by atoms with Crippen LogP contribution in [0.3, 0.4) is 0 Å². The largest absolute Gasteiger partial charge is 0.496 e. The average molecular weight is 493 g/mol. The summed E-state index contributed by atoms with van der Waals surface area (Å²) in [6.45, 7) is -0.147. The van der Waals surface area contributed by atoms with Crippen LogP contribution < -0.4 is 10.1 Å². The van der Waals surface area contributed by atoms with Crippen molar-refractivity contribution in [1.82, 2.24) is 9.62 Å². The number of ether oxygens (including phenoxy) is 1. The van der Waals surface area contributed by atoms with Gasteiger partial charge in [-0.05, 0) is 48.0 Å². The lowest BCUT2D eigenvalue weighted by Gasteiger charge is -2.22. The molecule has 9 heteroatoms. The summed E-state index contributed by atoms with van der Waals surface area (Å²) in [5.41, 5.74) is 1.48. The summed E-state index contributed by atoms with van der Waals surface area (Å²) < 4.78 is 33.0. The second kappa shape index (κ2) is 10.8. The van der Waals surface area contributed by atoms with Crippen LogP contribution in [0.5, 0.6) is 5.75 Å². The first-order chi connectivity index (χ1) is 15.3. The van der Waals surface area contributed by atoms with E-state index in [0.717, 1.165) is 9.87 Å². The van der Waals surface area contributed by atoms with Crippen molar-refractivity contribution in [2.75, 3.05) is 13.7 Å². The number of hydrogen-bond acceptors (Lipinski definition) is 4. The van der Waals surface area contributed by atoms with Crippen molar-refractivity contribution in [2.24, 2.45) is 0 Å². The Morgan fingerprint density at radius 3 is 2.16 bits per heavy atom. The molecule has 0 aliphatic rings. The number of halogens is 2. The first kappa shape index (κ1) is 24.1. The number of rotatable bonds is 9. The molecule has 32 heavy (non-hydrogen) atoms. The summed E-state index contributed by atoms with van der Waals surface area (Å²) in [5.74, 6) is 0.196. The van der Waals surface area contributed by atoms with Crippen molar-refractivity contribution >= 4 is 39.1 Å². The van der Waals surface area contributed by atoms with Gasteiger partial charge in [0.1, 0.15) is 5.75 Å². The Hall–Kier alpha value is -2.58. The van der Waals surface area contributed by atoms with Gasteiger partial charge in [-0.3, -0.25) is 4.79 Å². The summed E-state index contributed by atoms with van der Waals surface area (Å²) in [4.78, 5) is 12.8. The Kier molecular flexibility index (Phi) is 8.15. The van der Waals surface area contributed by atoms with Gasteiger partial charge in [-0.15, -0.1) is 0 Å². The van der Waals surface area contributed by atoms with E-state index < -0.39 is 15.9 Å². The number of hydrogen-bond donors (Lipinski definition) is 1. The maximum atomic E-state index is 13.3. The second-order valence-corrected chi connectivity index (χ2v) is 9.75. The molecule has 0 aliphatic heterocycles. The normalized spacial score (nSPS) is 11.4. The van der Waals surface area contributed by atoms with Crippen molar-refractivity contribution in [3.63, 3.8) is 0 Å². The van der Waals surface area contributed by atoms with E-state index in [1.165, 1.54) is 24.3 Å². The van der Waals surface area contributed by atoms with Gasteiger partial charge in [-0.25, -0.2) is 8.42 Å². The van der Waals surface area contributed by atoms with Crippen molar-refractivity contribution in [3.8, 4) is 5.75 Å². The predicted molar refractivity (Wildman–Crippen MR) is 125 cm³/mol. The van der Waals surface area contributed by atoms with E-state index >= 15 is 0 Å². The molecule has 3 aromatic rings. The number of carbonyl (C=O) groups is 1. The summed E-state index contributed by atoms with van der Waals surface area (Å²) in [5, 5.41) is 3.72. The van der Waals surface area contributed by atoms with E-state index in [2.05, 4.69) is 5.32 Å². The molecule has 0 saturated carbocycles. The van der Waals surface area contributed by atoms with Gasteiger partial charge in [-0.2, -0.15) is 4.31 Å². The van der Waals surface area contributed by atoms with E-state index in [4.69, 9.17) is 27.9 Å². The van der Waals surface area contributed by atoms with Gasteiger partial charge in [-0.1, -0.05) is 53.5 Å². The van der Waals surface area contributed by atoms with Crippen molar-refractivity contribution in [2.45, 2.75) is 18.0 Å². The first-order valence-corrected chi connectivity index (χ1v) is 11.9. The molecule has 0 atom stereocenters. The SMILES string of the molecule is COc1ccccc1CNC(=O)CN(Cc1ccc(Cl)cc1)S(=O)(=O)c1ccc(Cl)cc1. The minimum Gasteiger partial charge on any atom is -0.496 e. The van der Waals surface area contributed by atoms with E-state index in [1.54, 1.807) is 37.4 Å². The quantitative estimate of drug-likeness (QED) is 0.476. The molecule has 1 N–H and O–H groups in total. The highest BCUT2D eigenvalue weighted by Gasteiger charge is 2.27. The number of methoxy groups -OCH3 is 1. The molecule has 0 heterocycles. The van der Waals surface area contributed by atoms with Crippen LogP contribution in [0.1, 0.15) is 11.1 Å². The number of carbonyl (C=O) groups excluding carboxylic acids is 1. The molecular formula is C23H22Cl2N2O4S. The molecule has 3 rings (SSSR count). The fourth-order valence-electron chi connectivity index (χ4n) is 3.03. The van der Waals surface area contributed by atoms with Crippen LogP contribution in [0, 0.1) is 0 Å². The standard InChI is InChI=1S/C23H22Cl2N2O4S/c1-31-22-5-3-2-4-18(22)14-26-23(28)16-27(15-17-6-8-19(24)9-7-17)32(29,30)21-12-10-20(25)11-13-21/h2-13H,14-16H2,1H3,(H,26,28). The minimum atomic E-state index is -3.96. The lowest BCUT2D eigenvalue weighted by atomic mass is 10.2. The lowest BCUT2D eigenvalue weighted by Crippen LogP contribution is -2.40. The monoisotopic (exact) mass is 492 g/mol. The Morgan fingerprint density at radius 1 is 0.938 bits per heavy atom.